The number of ether oxygens (including phenoxy) is 3. The lowest BCUT2D eigenvalue weighted by molar-refractivity contribution is -0.152. The maximum Gasteiger partial charge on any atom is 0.410 e. The van der Waals surface area contributed by atoms with Crippen LogP contribution < -0.4 is 4.74 Å². The van der Waals surface area contributed by atoms with Gasteiger partial charge in [0.05, 0.1) is 12.7 Å². The van der Waals surface area contributed by atoms with E-state index in [1.807, 2.05) is 56.6 Å². The number of amides is 1. The van der Waals surface area contributed by atoms with Gasteiger partial charge in [-0.3, -0.25) is 4.90 Å². The number of likely N-dealkylation sites (tertiary alicyclic amines) is 1. The Labute approximate surface area is 209 Å². The summed E-state index contributed by atoms with van der Waals surface area (Å²) in [6.07, 6.45) is 5.14. The SMILES string of the molecule is C=CCN1CC[C@@]2(c3cccc(OC)c3)C[C@H](N(C)C(=O)OCc3ccccc3)CC[C@]2(OC)C1. The molecule has 0 spiro atoms. The highest BCUT2D eigenvalue weighted by Crippen LogP contribution is 2.54. The first kappa shape index (κ1) is 25.3. The zero-order valence-electron chi connectivity index (χ0n) is 21.2. The first-order valence-corrected chi connectivity index (χ1v) is 12.4. The fourth-order valence-corrected chi connectivity index (χ4v) is 6.13. The van der Waals surface area contributed by atoms with Crippen molar-refractivity contribution in [1.29, 1.82) is 0 Å². The number of hydrogen-bond donors (Lipinski definition) is 0. The molecule has 2 aliphatic rings. The van der Waals surface area contributed by atoms with Gasteiger partial charge in [-0.05, 0) is 55.5 Å². The van der Waals surface area contributed by atoms with Crippen LogP contribution in [0.1, 0.15) is 36.8 Å². The summed E-state index contributed by atoms with van der Waals surface area (Å²) in [5.41, 5.74) is 1.60. The molecule has 2 aromatic carbocycles. The molecule has 1 aliphatic heterocycles. The van der Waals surface area contributed by atoms with Crippen LogP contribution in [0, 0.1) is 0 Å². The first-order valence-electron chi connectivity index (χ1n) is 12.4. The van der Waals surface area contributed by atoms with Gasteiger partial charge in [-0.25, -0.2) is 4.79 Å². The van der Waals surface area contributed by atoms with E-state index in [1.165, 1.54) is 5.56 Å². The number of carbonyl (C=O) groups excluding carboxylic acids is 1. The normalized spacial score (nSPS) is 26.4. The summed E-state index contributed by atoms with van der Waals surface area (Å²) in [4.78, 5) is 17.3. The van der Waals surface area contributed by atoms with Crippen LogP contribution in [-0.4, -0.2) is 68.4 Å². The number of rotatable bonds is 8. The number of carbonyl (C=O) groups is 1. The van der Waals surface area contributed by atoms with Crippen molar-refractivity contribution in [2.75, 3.05) is 40.9 Å². The molecule has 35 heavy (non-hydrogen) atoms. The second-order valence-electron chi connectivity index (χ2n) is 9.83. The Hall–Kier alpha value is -2.83. The minimum atomic E-state index is -0.355. The molecule has 0 N–H and O–H groups in total. The summed E-state index contributed by atoms with van der Waals surface area (Å²) < 4.78 is 17.7. The molecule has 2 fully saturated rings. The lowest BCUT2D eigenvalue weighted by Gasteiger charge is -2.60. The van der Waals surface area contributed by atoms with Gasteiger partial charge in [0.2, 0.25) is 0 Å². The van der Waals surface area contributed by atoms with Crippen LogP contribution in [0.3, 0.4) is 0 Å². The third-order valence-electron chi connectivity index (χ3n) is 8.11. The summed E-state index contributed by atoms with van der Waals surface area (Å²) in [7, 11) is 5.40. The highest BCUT2D eigenvalue weighted by atomic mass is 16.6. The van der Waals surface area contributed by atoms with Gasteiger partial charge in [-0.2, -0.15) is 0 Å². The van der Waals surface area contributed by atoms with E-state index in [1.54, 1.807) is 12.0 Å². The van der Waals surface area contributed by atoms with Crippen molar-refractivity contribution < 1.29 is 19.0 Å². The zero-order chi connectivity index (χ0) is 24.9. The van der Waals surface area contributed by atoms with Gasteiger partial charge in [-0.1, -0.05) is 48.5 Å². The molecule has 1 saturated heterocycles. The van der Waals surface area contributed by atoms with Crippen LogP contribution >= 0.6 is 0 Å². The van der Waals surface area contributed by atoms with E-state index in [4.69, 9.17) is 14.2 Å². The first-order chi connectivity index (χ1) is 17.0. The number of methoxy groups -OCH3 is 2. The lowest BCUT2D eigenvalue weighted by atomic mass is 9.55. The summed E-state index contributed by atoms with van der Waals surface area (Å²) in [6, 6.07) is 18.2. The molecule has 2 aromatic rings. The van der Waals surface area contributed by atoms with Crippen molar-refractivity contribution in [1.82, 2.24) is 9.80 Å². The van der Waals surface area contributed by atoms with Gasteiger partial charge in [0.15, 0.2) is 0 Å². The van der Waals surface area contributed by atoms with Crippen molar-refractivity contribution in [2.45, 2.75) is 49.3 Å². The zero-order valence-corrected chi connectivity index (χ0v) is 21.2. The average molecular weight is 479 g/mol. The topological polar surface area (TPSA) is 51.2 Å². The summed E-state index contributed by atoms with van der Waals surface area (Å²) in [5.74, 6) is 0.841. The van der Waals surface area contributed by atoms with E-state index in [0.29, 0.717) is 0 Å². The van der Waals surface area contributed by atoms with Gasteiger partial charge in [0.1, 0.15) is 12.4 Å². The second kappa shape index (κ2) is 10.8. The van der Waals surface area contributed by atoms with Crippen molar-refractivity contribution in [3.8, 4) is 5.75 Å². The minimum Gasteiger partial charge on any atom is -0.497 e. The van der Waals surface area contributed by atoms with Gasteiger partial charge in [-0.15, -0.1) is 6.58 Å². The van der Waals surface area contributed by atoms with Gasteiger partial charge in [0.25, 0.3) is 0 Å². The maximum atomic E-state index is 13.0. The Bertz CT molecular complexity index is 1010. The average Bonchev–Trinajstić information content (AvgIpc) is 2.91. The van der Waals surface area contributed by atoms with Crippen LogP contribution in [0.15, 0.2) is 67.3 Å². The fourth-order valence-electron chi connectivity index (χ4n) is 6.13. The van der Waals surface area contributed by atoms with Crippen molar-refractivity contribution in [3.63, 3.8) is 0 Å². The number of fused-ring (bicyclic) bond motifs is 1. The van der Waals surface area contributed by atoms with E-state index < -0.39 is 0 Å². The van der Waals surface area contributed by atoms with Crippen LogP contribution in [0.5, 0.6) is 5.75 Å². The predicted octanol–water partition coefficient (Wildman–Crippen LogP) is 5.03. The molecule has 188 valence electrons. The molecular formula is C29H38N2O4. The number of benzene rings is 2. The van der Waals surface area contributed by atoms with Crippen molar-refractivity contribution in [3.05, 3.63) is 78.4 Å². The Morgan fingerprint density at radius 2 is 1.97 bits per heavy atom. The summed E-state index contributed by atoms with van der Waals surface area (Å²) >= 11 is 0. The molecule has 1 aliphatic carbocycles. The Kier molecular flexibility index (Phi) is 7.82. The molecule has 6 heteroatoms. The summed E-state index contributed by atoms with van der Waals surface area (Å²) in [6.45, 7) is 6.84. The lowest BCUT2D eigenvalue weighted by Crippen LogP contribution is -2.68. The molecule has 1 heterocycles. The molecule has 1 saturated carbocycles. The summed E-state index contributed by atoms with van der Waals surface area (Å²) in [5, 5.41) is 0. The Morgan fingerprint density at radius 3 is 2.69 bits per heavy atom. The van der Waals surface area contributed by atoms with E-state index in [-0.39, 0.29) is 29.8 Å². The quantitative estimate of drug-likeness (QED) is 0.498. The van der Waals surface area contributed by atoms with Crippen LogP contribution in [0.25, 0.3) is 0 Å². The van der Waals surface area contributed by atoms with Gasteiger partial charge >= 0.3 is 6.09 Å². The highest BCUT2D eigenvalue weighted by Gasteiger charge is 2.59. The largest absolute Gasteiger partial charge is 0.497 e. The molecule has 3 atom stereocenters. The van der Waals surface area contributed by atoms with E-state index in [2.05, 4.69) is 29.7 Å². The van der Waals surface area contributed by atoms with E-state index >= 15 is 0 Å². The highest BCUT2D eigenvalue weighted by molar-refractivity contribution is 5.67. The van der Waals surface area contributed by atoms with Crippen LogP contribution in [0.4, 0.5) is 4.79 Å². The van der Waals surface area contributed by atoms with Gasteiger partial charge < -0.3 is 19.1 Å². The molecule has 1 amide bonds. The molecule has 0 unspecified atom stereocenters. The molecular weight excluding hydrogens is 440 g/mol. The number of piperidine rings is 1. The smallest absolute Gasteiger partial charge is 0.410 e. The monoisotopic (exact) mass is 478 g/mol. The maximum absolute atomic E-state index is 13.0. The molecule has 0 radical (unpaired) electrons. The standard InChI is InChI=1S/C29H38N2O4/c1-5-17-31-18-16-28(24-12-9-13-26(19-24)33-3)20-25(14-15-29(28,22-31)34-4)30(2)27(32)35-21-23-10-7-6-8-11-23/h5-13,19,25H,1,14-18,20-22H2,2-4H3/t25-,28+,29+/m1/s1. The molecule has 4 rings (SSSR count). The van der Waals surface area contributed by atoms with Crippen LogP contribution in [-0.2, 0) is 21.5 Å². The number of hydrogen-bond acceptors (Lipinski definition) is 5. The van der Waals surface area contributed by atoms with Gasteiger partial charge in [0, 0.05) is 38.7 Å². The fraction of sp³-hybridized carbons (Fsp3) is 0.483. The third kappa shape index (κ3) is 4.95. The number of nitrogens with zero attached hydrogens (tertiary/aromatic N) is 2. The predicted molar refractivity (Wildman–Crippen MR) is 138 cm³/mol. The molecule has 6 nitrogen and oxygen atoms in total. The second-order valence-corrected chi connectivity index (χ2v) is 9.83. The minimum absolute atomic E-state index is 0.0544. The van der Waals surface area contributed by atoms with Crippen molar-refractivity contribution in [2.24, 2.45) is 0 Å². The Balaban J connectivity index is 1.61. The van der Waals surface area contributed by atoms with E-state index in [9.17, 15) is 4.79 Å². The van der Waals surface area contributed by atoms with Crippen molar-refractivity contribution >= 4 is 6.09 Å². The third-order valence-corrected chi connectivity index (χ3v) is 8.11. The molecule has 0 bridgehead atoms. The molecule has 0 aromatic heterocycles. The van der Waals surface area contributed by atoms with E-state index in [0.717, 1.165) is 56.6 Å². The van der Waals surface area contributed by atoms with Crippen LogP contribution in [0.2, 0.25) is 0 Å². The Morgan fingerprint density at radius 1 is 1.17 bits per heavy atom.